The molecule has 2 aliphatic rings. The SMILES string of the molecule is COC(=O)C1CN(CC(=O)N2CCCCC2C)CC1C. The molecule has 0 aromatic carbocycles. The van der Waals surface area contributed by atoms with Gasteiger partial charge in [-0.15, -0.1) is 0 Å². The molecule has 0 aromatic heterocycles. The molecule has 1 amide bonds. The number of carbonyl (C=O) groups excluding carboxylic acids is 2. The van der Waals surface area contributed by atoms with Crippen molar-refractivity contribution in [3.05, 3.63) is 0 Å². The monoisotopic (exact) mass is 282 g/mol. The fraction of sp³-hybridized carbons (Fsp3) is 0.867. The van der Waals surface area contributed by atoms with Crippen LogP contribution in [0.2, 0.25) is 0 Å². The molecule has 0 bridgehead atoms. The standard InChI is InChI=1S/C15H26N2O3/c1-11-8-16(9-13(11)15(19)20-3)10-14(18)17-7-5-4-6-12(17)2/h11-13H,4-10H2,1-3H3. The number of piperidine rings is 1. The number of rotatable bonds is 3. The smallest absolute Gasteiger partial charge is 0.310 e. The number of hydrogen-bond donors (Lipinski definition) is 0. The minimum atomic E-state index is -0.154. The quantitative estimate of drug-likeness (QED) is 0.728. The molecule has 0 spiro atoms. The average molecular weight is 282 g/mol. The lowest BCUT2D eigenvalue weighted by molar-refractivity contribution is -0.146. The third kappa shape index (κ3) is 3.32. The third-order valence-electron chi connectivity index (χ3n) is 4.67. The van der Waals surface area contributed by atoms with E-state index >= 15 is 0 Å². The summed E-state index contributed by atoms with van der Waals surface area (Å²) >= 11 is 0. The summed E-state index contributed by atoms with van der Waals surface area (Å²) in [5.41, 5.74) is 0. The molecular formula is C15H26N2O3. The first-order chi connectivity index (χ1) is 9.52. The fourth-order valence-corrected chi connectivity index (χ4v) is 3.41. The van der Waals surface area contributed by atoms with E-state index in [1.807, 2.05) is 4.90 Å². The fourth-order valence-electron chi connectivity index (χ4n) is 3.41. The predicted molar refractivity (Wildman–Crippen MR) is 76.1 cm³/mol. The van der Waals surface area contributed by atoms with Gasteiger partial charge in [0, 0.05) is 25.7 Å². The number of amides is 1. The Kier molecular flexibility index (Phi) is 5.02. The molecule has 0 radical (unpaired) electrons. The molecule has 0 saturated carbocycles. The zero-order valence-corrected chi connectivity index (χ0v) is 12.8. The minimum absolute atomic E-state index is 0.0911. The Labute approximate surface area is 121 Å². The second-order valence-electron chi connectivity index (χ2n) is 6.23. The van der Waals surface area contributed by atoms with E-state index in [-0.39, 0.29) is 23.7 Å². The van der Waals surface area contributed by atoms with Crippen molar-refractivity contribution in [2.45, 2.75) is 39.2 Å². The van der Waals surface area contributed by atoms with Crippen molar-refractivity contribution in [2.24, 2.45) is 11.8 Å². The number of carbonyl (C=O) groups is 2. The van der Waals surface area contributed by atoms with E-state index in [9.17, 15) is 9.59 Å². The second kappa shape index (κ2) is 6.57. The molecule has 20 heavy (non-hydrogen) atoms. The first-order valence-corrected chi connectivity index (χ1v) is 7.62. The molecule has 3 unspecified atom stereocenters. The number of hydrogen-bond acceptors (Lipinski definition) is 4. The number of esters is 1. The van der Waals surface area contributed by atoms with Crippen LogP contribution in [0.4, 0.5) is 0 Å². The molecule has 2 saturated heterocycles. The molecule has 5 heteroatoms. The highest BCUT2D eigenvalue weighted by atomic mass is 16.5. The Bertz CT molecular complexity index is 372. The van der Waals surface area contributed by atoms with Crippen LogP contribution in [0.1, 0.15) is 33.1 Å². The van der Waals surface area contributed by atoms with Crippen molar-refractivity contribution in [3.8, 4) is 0 Å². The Balaban J connectivity index is 1.87. The van der Waals surface area contributed by atoms with Crippen molar-refractivity contribution < 1.29 is 14.3 Å². The van der Waals surface area contributed by atoms with Crippen molar-refractivity contribution in [1.29, 1.82) is 0 Å². The van der Waals surface area contributed by atoms with Gasteiger partial charge in [0.25, 0.3) is 0 Å². The van der Waals surface area contributed by atoms with Gasteiger partial charge in [-0.25, -0.2) is 0 Å². The van der Waals surface area contributed by atoms with E-state index in [1.165, 1.54) is 13.5 Å². The lowest BCUT2D eigenvalue weighted by Crippen LogP contribution is -2.46. The summed E-state index contributed by atoms with van der Waals surface area (Å²) in [6.45, 7) is 6.93. The minimum Gasteiger partial charge on any atom is -0.469 e. The van der Waals surface area contributed by atoms with Gasteiger partial charge in [-0.05, 0) is 32.1 Å². The number of methoxy groups -OCH3 is 1. The van der Waals surface area contributed by atoms with Crippen LogP contribution in [0.5, 0.6) is 0 Å². The summed E-state index contributed by atoms with van der Waals surface area (Å²) in [6, 6.07) is 0.354. The summed E-state index contributed by atoms with van der Waals surface area (Å²) < 4.78 is 4.83. The van der Waals surface area contributed by atoms with E-state index in [0.29, 0.717) is 19.1 Å². The summed E-state index contributed by atoms with van der Waals surface area (Å²) in [7, 11) is 1.43. The summed E-state index contributed by atoms with van der Waals surface area (Å²) in [6.07, 6.45) is 3.43. The largest absolute Gasteiger partial charge is 0.469 e. The van der Waals surface area contributed by atoms with Crippen LogP contribution in [0.25, 0.3) is 0 Å². The summed E-state index contributed by atoms with van der Waals surface area (Å²) in [4.78, 5) is 28.1. The van der Waals surface area contributed by atoms with Gasteiger partial charge in [-0.1, -0.05) is 6.92 Å². The van der Waals surface area contributed by atoms with Crippen LogP contribution in [-0.4, -0.2) is 61.0 Å². The number of likely N-dealkylation sites (tertiary alicyclic amines) is 2. The maximum atomic E-state index is 12.4. The van der Waals surface area contributed by atoms with Crippen LogP contribution in [0, 0.1) is 11.8 Å². The second-order valence-corrected chi connectivity index (χ2v) is 6.23. The van der Waals surface area contributed by atoms with Crippen LogP contribution in [0.15, 0.2) is 0 Å². The highest BCUT2D eigenvalue weighted by Crippen LogP contribution is 2.24. The topological polar surface area (TPSA) is 49.9 Å². The number of ether oxygens (including phenoxy) is 1. The molecule has 0 aliphatic carbocycles. The van der Waals surface area contributed by atoms with E-state index < -0.39 is 0 Å². The van der Waals surface area contributed by atoms with Crippen molar-refractivity contribution in [3.63, 3.8) is 0 Å². The summed E-state index contributed by atoms with van der Waals surface area (Å²) in [5.74, 6) is 0.217. The molecular weight excluding hydrogens is 256 g/mol. The third-order valence-corrected chi connectivity index (χ3v) is 4.67. The molecule has 0 aromatic rings. The van der Waals surface area contributed by atoms with Gasteiger partial charge >= 0.3 is 5.97 Å². The van der Waals surface area contributed by atoms with Crippen molar-refractivity contribution in [2.75, 3.05) is 33.3 Å². The van der Waals surface area contributed by atoms with Gasteiger partial charge in [0.2, 0.25) is 5.91 Å². The van der Waals surface area contributed by atoms with Crippen molar-refractivity contribution >= 4 is 11.9 Å². The molecule has 114 valence electrons. The molecule has 3 atom stereocenters. The molecule has 0 N–H and O–H groups in total. The summed E-state index contributed by atoms with van der Waals surface area (Å²) in [5, 5.41) is 0. The van der Waals surface area contributed by atoms with Gasteiger partial charge in [0.1, 0.15) is 0 Å². The first kappa shape index (κ1) is 15.3. The maximum Gasteiger partial charge on any atom is 0.310 e. The molecule has 2 rings (SSSR count). The lowest BCUT2D eigenvalue weighted by atomic mass is 9.99. The number of nitrogens with zero attached hydrogens (tertiary/aromatic N) is 2. The Morgan fingerprint density at radius 2 is 1.95 bits per heavy atom. The Morgan fingerprint density at radius 3 is 2.60 bits per heavy atom. The molecule has 2 fully saturated rings. The van der Waals surface area contributed by atoms with Gasteiger partial charge < -0.3 is 9.64 Å². The van der Waals surface area contributed by atoms with Crippen LogP contribution < -0.4 is 0 Å². The molecule has 2 aliphatic heterocycles. The van der Waals surface area contributed by atoms with Crippen LogP contribution >= 0.6 is 0 Å². The Morgan fingerprint density at radius 1 is 1.20 bits per heavy atom. The highest BCUT2D eigenvalue weighted by molar-refractivity contribution is 5.79. The zero-order chi connectivity index (χ0) is 14.7. The Hall–Kier alpha value is -1.10. The van der Waals surface area contributed by atoms with Gasteiger partial charge in [-0.3, -0.25) is 14.5 Å². The molecule has 2 heterocycles. The predicted octanol–water partition coefficient (Wildman–Crippen LogP) is 1.13. The van der Waals surface area contributed by atoms with Gasteiger partial charge in [0.05, 0.1) is 19.6 Å². The molecule has 5 nitrogen and oxygen atoms in total. The van der Waals surface area contributed by atoms with Crippen molar-refractivity contribution in [1.82, 2.24) is 9.80 Å². The van der Waals surface area contributed by atoms with E-state index in [1.54, 1.807) is 0 Å². The van der Waals surface area contributed by atoms with Crippen LogP contribution in [-0.2, 0) is 14.3 Å². The van der Waals surface area contributed by atoms with E-state index in [2.05, 4.69) is 18.7 Å². The van der Waals surface area contributed by atoms with E-state index in [0.717, 1.165) is 25.9 Å². The van der Waals surface area contributed by atoms with Gasteiger partial charge in [-0.2, -0.15) is 0 Å². The maximum absolute atomic E-state index is 12.4. The first-order valence-electron chi connectivity index (χ1n) is 7.62. The normalized spacial score (nSPS) is 31.4. The average Bonchev–Trinajstić information content (AvgIpc) is 2.79. The van der Waals surface area contributed by atoms with Gasteiger partial charge in [0.15, 0.2) is 0 Å². The van der Waals surface area contributed by atoms with Crippen LogP contribution in [0.3, 0.4) is 0 Å². The lowest BCUT2D eigenvalue weighted by Gasteiger charge is -2.34. The highest BCUT2D eigenvalue weighted by Gasteiger charge is 2.37. The van der Waals surface area contributed by atoms with E-state index in [4.69, 9.17) is 4.74 Å². The zero-order valence-electron chi connectivity index (χ0n) is 12.8.